The second kappa shape index (κ2) is 7.32. The summed E-state index contributed by atoms with van der Waals surface area (Å²) in [5.41, 5.74) is -0.694. The van der Waals surface area contributed by atoms with Gasteiger partial charge >= 0.3 is 0 Å². The Morgan fingerprint density at radius 1 is 1.00 bits per heavy atom. The predicted octanol–water partition coefficient (Wildman–Crippen LogP) is 1.30. The predicted molar refractivity (Wildman–Crippen MR) is 89.7 cm³/mol. The van der Waals surface area contributed by atoms with Crippen LogP contribution in [-0.2, 0) is 14.4 Å². The quantitative estimate of drug-likeness (QED) is 0.821. The van der Waals surface area contributed by atoms with Gasteiger partial charge in [-0.2, -0.15) is 0 Å². The van der Waals surface area contributed by atoms with Crippen molar-refractivity contribution in [1.29, 1.82) is 0 Å². The van der Waals surface area contributed by atoms with Crippen molar-refractivity contribution in [3.63, 3.8) is 0 Å². The van der Waals surface area contributed by atoms with Crippen LogP contribution in [0.3, 0.4) is 0 Å². The van der Waals surface area contributed by atoms with Gasteiger partial charge in [0, 0.05) is 30.0 Å². The van der Waals surface area contributed by atoms with E-state index in [9.17, 15) is 14.4 Å². The second-order valence-electron chi connectivity index (χ2n) is 8.33. The lowest BCUT2D eigenvalue weighted by molar-refractivity contribution is -0.142. The molecule has 0 saturated carbocycles. The third-order valence-corrected chi connectivity index (χ3v) is 3.73. The van der Waals surface area contributed by atoms with Crippen LogP contribution in [0.4, 0.5) is 0 Å². The van der Waals surface area contributed by atoms with Crippen LogP contribution in [0.5, 0.6) is 0 Å². The molecule has 1 fully saturated rings. The number of carbonyl (C=O) groups is 3. The van der Waals surface area contributed by atoms with Crippen molar-refractivity contribution in [3.8, 4) is 0 Å². The van der Waals surface area contributed by atoms with Crippen molar-refractivity contribution in [2.75, 3.05) is 19.6 Å². The van der Waals surface area contributed by atoms with Crippen LogP contribution in [0.15, 0.2) is 0 Å². The molecule has 132 valence electrons. The van der Waals surface area contributed by atoms with E-state index in [-0.39, 0.29) is 41.1 Å². The Labute approximate surface area is 139 Å². The minimum atomic E-state index is -0.389. The number of likely N-dealkylation sites (tertiary alicyclic amines) is 1. The maximum Gasteiger partial charge on any atom is 0.239 e. The van der Waals surface area contributed by atoms with E-state index in [4.69, 9.17) is 0 Å². The molecule has 0 atom stereocenters. The molecule has 0 bridgehead atoms. The van der Waals surface area contributed by atoms with Gasteiger partial charge in [-0.3, -0.25) is 14.4 Å². The van der Waals surface area contributed by atoms with Crippen molar-refractivity contribution in [3.05, 3.63) is 0 Å². The summed E-state index contributed by atoms with van der Waals surface area (Å²) in [6.45, 7) is 12.6. The monoisotopic (exact) mass is 325 g/mol. The molecule has 0 aromatic carbocycles. The maximum absolute atomic E-state index is 12.2. The first kappa shape index (κ1) is 19.5. The van der Waals surface area contributed by atoms with Gasteiger partial charge in [0.05, 0.1) is 6.54 Å². The van der Waals surface area contributed by atoms with Gasteiger partial charge in [-0.05, 0) is 33.6 Å². The Morgan fingerprint density at radius 2 is 1.52 bits per heavy atom. The van der Waals surface area contributed by atoms with Crippen molar-refractivity contribution in [2.45, 2.75) is 59.9 Å². The van der Waals surface area contributed by atoms with Gasteiger partial charge in [-0.25, -0.2) is 0 Å². The van der Waals surface area contributed by atoms with Crippen LogP contribution in [-0.4, -0.2) is 47.8 Å². The number of rotatable bonds is 3. The third-order valence-electron chi connectivity index (χ3n) is 3.73. The SMILES string of the molecule is CC(C)(C)NC(=O)CNC(=O)C1CCN(C(=O)C(C)(C)C)CC1. The highest BCUT2D eigenvalue weighted by molar-refractivity contribution is 5.86. The summed E-state index contributed by atoms with van der Waals surface area (Å²) in [6.07, 6.45) is 1.29. The molecule has 0 radical (unpaired) electrons. The van der Waals surface area contributed by atoms with Crippen LogP contribution >= 0.6 is 0 Å². The van der Waals surface area contributed by atoms with Crippen LogP contribution in [0.1, 0.15) is 54.4 Å². The largest absolute Gasteiger partial charge is 0.350 e. The summed E-state index contributed by atoms with van der Waals surface area (Å²) < 4.78 is 0. The molecule has 2 N–H and O–H groups in total. The second-order valence-corrected chi connectivity index (χ2v) is 8.33. The number of hydrogen-bond acceptors (Lipinski definition) is 3. The lowest BCUT2D eigenvalue weighted by atomic mass is 9.90. The summed E-state index contributed by atoms with van der Waals surface area (Å²) in [4.78, 5) is 37.9. The standard InChI is InChI=1S/C17H31N3O3/c1-16(2,3)15(23)20-9-7-12(8-10-20)14(22)18-11-13(21)19-17(4,5)6/h12H,7-11H2,1-6H3,(H,18,22)(H,19,21). The highest BCUT2D eigenvalue weighted by Gasteiger charge is 2.32. The molecule has 0 aliphatic carbocycles. The molecule has 1 saturated heterocycles. The summed E-state index contributed by atoms with van der Waals surface area (Å²) in [5.74, 6) is -0.287. The van der Waals surface area contributed by atoms with E-state index >= 15 is 0 Å². The van der Waals surface area contributed by atoms with Crippen molar-refractivity contribution >= 4 is 17.7 Å². The Kier molecular flexibility index (Phi) is 6.19. The lowest BCUT2D eigenvalue weighted by Crippen LogP contribution is -2.49. The van der Waals surface area contributed by atoms with Gasteiger partial charge in [0.1, 0.15) is 0 Å². The fourth-order valence-electron chi connectivity index (χ4n) is 2.59. The molecule has 1 rings (SSSR count). The van der Waals surface area contributed by atoms with Crippen LogP contribution in [0.25, 0.3) is 0 Å². The third kappa shape index (κ3) is 6.59. The number of piperidine rings is 1. The molecule has 1 aliphatic heterocycles. The van der Waals surface area contributed by atoms with E-state index in [1.165, 1.54) is 0 Å². The first-order valence-electron chi connectivity index (χ1n) is 8.28. The molecule has 3 amide bonds. The molecule has 6 nitrogen and oxygen atoms in total. The summed E-state index contributed by atoms with van der Waals surface area (Å²) in [7, 11) is 0. The maximum atomic E-state index is 12.2. The molecule has 6 heteroatoms. The highest BCUT2D eigenvalue weighted by Crippen LogP contribution is 2.23. The molecule has 0 aromatic rings. The van der Waals surface area contributed by atoms with E-state index in [2.05, 4.69) is 10.6 Å². The zero-order chi connectivity index (χ0) is 17.8. The molecular weight excluding hydrogens is 294 g/mol. The van der Waals surface area contributed by atoms with E-state index < -0.39 is 0 Å². The fraction of sp³-hybridized carbons (Fsp3) is 0.824. The fourth-order valence-corrected chi connectivity index (χ4v) is 2.59. The number of amides is 3. The van der Waals surface area contributed by atoms with Crippen LogP contribution < -0.4 is 10.6 Å². The van der Waals surface area contributed by atoms with Crippen LogP contribution in [0, 0.1) is 11.3 Å². The Morgan fingerprint density at radius 3 is 1.96 bits per heavy atom. The van der Waals surface area contributed by atoms with Crippen molar-refractivity contribution in [2.24, 2.45) is 11.3 Å². The summed E-state index contributed by atoms with van der Waals surface area (Å²) >= 11 is 0. The topological polar surface area (TPSA) is 78.5 Å². The van der Waals surface area contributed by atoms with Gasteiger partial charge in [-0.1, -0.05) is 20.8 Å². The van der Waals surface area contributed by atoms with E-state index in [1.807, 2.05) is 46.4 Å². The summed E-state index contributed by atoms with van der Waals surface area (Å²) in [5, 5.41) is 5.50. The molecular formula is C17H31N3O3. The first-order valence-corrected chi connectivity index (χ1v) is 8.28. The van der Waals surface area contributed by atoms with E-state index in [0.717, 1.165) is 0 Å². The summed E-state index contributed by atoms with van der Waals surface area (Å²) in [6, 6.07) is 0. The van der Waals surface area contributed by atoms with E-state index in [0.29, 0.717) is 25.9 Å². The molecule has 0 aromatic heterocycles. The van der Waals surface area contributed by atoms with E-state index in [1.54, 1.807) is 0 Å². The highest BCUT2D eigenvalue weighted by atomic mass is 16.2. The first-order chi connectivity index (χ1) is 10.4. The zero-order valence-electron chi connectivity index (χ0n) is 15.3. The van der Waals surface area contributed by atoms with Gasteiger partial charge in [0.2, 0.25) is 17.7 Å². The molecule has 0 spiro atoms. The normalized spacial score (nSPS) is 16.9. The van der Waals surface area contributed by atoms with Crippen molar-refractivity contribution < 1.29 is 14.4 Å². The Hall–Kier alpha value is -1.59. The minimum absolute atomic E-state index is 0.00274. The lowest BCUT2D eigenvalue weighted by Gasteiger charge is -2.35. The average molecular weight is 325 g/mol. The van der Waals surface area contributed by atoms with Crippen molar-refractivity contribution in [1.82, 2.24) is 15.5 Å². The Balaban J connectivity index is 2.38. The zero-order valence-corrected chi connectivity index (χ0v) is 15.3. The Bertz CT molecular complexity index is 453. The molecule has 1 heterocycles. The smallest absolute Gasteiger partial charge is 0.239 e. The number of nitrogens with zero attached hydrogens (tertiary/aromatic N) is 1. The molecule has 0 unspecified atom stereocenters. The number of hydrogen-bond donors (Lipinski definition) is 2. The number of carbonyl (C=O) groups excluding carboxylic acids is 3. The van der Waals surface area contributed by atoms with Gasteiger partial charge in [0.15, 0.2) is 0 Å². The number of nitrogens with one attached hydrogen (secondary N) is 2. The molecule has 23 heavy (non-hydrogen) atoms. The van der Waals surface area contributed by atoms with Gasteiger partial charge in [0.25, 0.3) is 0 Å². The molecule has 1 aliphatic rings. The van der Waals surface area contributed by atoms with Gasteiger partial charge < -0.3 is 15.5 Å². The minimum Gasteiger partial charge on any atom is -0.350 e. The van der Waals surface area contributed by atoms with Gasteiger partial charge in [-0.15, -0.1) is 0 Å². The van der Waals surface area contributed by atoms with Crippen LogP contribution in [0.2, 0.25) is 0 Å². The average Bonchev–Trinajstić information content (AvgIpc) is 2.41.